The van der Waals surface area contributed by atoms with E-state index in [1.165, 1.54) is 5.01 Å². The highest BCUT2D eigenvalue weighted by molar-refractivity contribution is 7.12. The molecule has 0 radical (unpaired) electrons. The van der Waals surface area contributed by atoms with Crippen LogP contribution in [-0.4, -0.2) is 39.5 Å². The lowest BCUT2D eigenvalue weighted by Gasteiger charge is -2.22. The first-order valence-electron chi connectivity index (χ1n) is 11.5. The summed E-state index contributed by atoms with van der Waals surface area (Å²) < 4.78 is 7.10. The van der Waals surface area contributed by atoms with Crippen molar-refractivity contribution in [1.29, 1.82) is 0 Å². The minimum Gasteiger partial charge on any atom is -0.550 e. The van der Waals surface area contributed by atoms with E-state index in [9.17, 15) is 14.7 Å². The molecule has 36 heavy (non-hydrogen) atoms. The molecule has 0 N–H and O–H groups in total. The number of carboxylic acids is 1. The Balaban J connectivity index is 1.59. The van der Waals surface area contributed by atoms with Gasteiger partial charge in [0, 0.05) is 36.1 Å². The van der Waals surface area contributed by atoms with Crippen molar-refractivity contribution < 1.29 is 19.4 Å². The fraction of sp³-hybridized carbons (Fsp3) is 0.185. The Morgan fingerprint density at radius 3 is 2.50 bits per heavy atom. The number of methoxy groups -OCH3 is 1. The van der Waals surface area contributed by atoms with E-state index in [1.54, 1.807) is 23.1 Å². The second kappa shape index (κ2) is 10.2. The third kappa shape index (κ3) is 4.78. The van der Waals surface area contributed by atoms with Gasteiger partial charge in [0.05, 0.1) is 35.1 Å². The van der Waals surface area contributed by atoms with E-state index in [0.717, 1.165) is 33.2 Å². The number of carbonyl (C=O) groups is 2. The molecular weight excluding hydrogens is 476 g/mol. The largest absolute Gasteiger partial charge is 0.550 e. The quantitative estimate of drug-likeness (QED) is 0.367. The third-order valence-corrected chi connectivity index (χ3v) is 6.92. The molecule has 0 spiro atoms. The lowest BCUT2D eigenvalue weighted by molar-refractivity contribution is -0.305. The van der Waals surface area contributed by atoms with Crippen molar-refractivity contribution in [2.75, 3.05) is 7.11 Å². The third-order valence-electron chi connectivity index (χ3n) is 6.00. The molecule has 0 fully saturated rings. The molecule has 1 amide bonds. The van der Waals surface area contributed by atoms with E-state index in [2.05, 4.69) is 5.10 Å². The lowest BCUT2D eigenvalue weighted by atomic mass is 9.98. The predicted octanol–water partition coefficient (Wildman–Crippen LogP) is 3.82. The summed E-state index contributed by atoms with van der Waals surface area (Å²) in [4.78, 5) is 25.1. The molecule has 3 heterocycles. The van der Waals surface area contributed by atoms with E-state index in [4.69, 9.17) is 9.84 Å². The molecule has 182 valence electrons. The first kappa shape index (κ1) is 23.5. The topological polar surface area (TPSA) is 99.8 Å². The van der Waals surface area contributed by atoms with Gasteiger partial charge in [0.2, 0.25) is 5.91 Å². The zero-order valence-corrected chi connectivity index (χ0v) is 20.4. The maximum atomic E-state index is 13.1. The number of carbonyl (C=O) groups excluding carboxylic acids is 2. The average molecular weight is 500 g/mol. The van der Waals surface area contributed by atoms with Gasteiger partial charge in [-0.25, -0.2) is 9.69 Å². The van der Waals surface area contributed by atoms with Crippen molar-refractivity contribution in [1.82, 2.24) is 14.8 Å². The second-order valence-electron chi connectivity index (χ2n) is 8.30. The van der Waals surface area contributed by atoms with Crippen LogP contribution in [0.5, 0.6) is 5.75 Å². The van der Waals surface area contributed by atoms with Gasteiger partial charge in [-0.15, -0.1) is 11.3 Å². The monoisotopic (exact) mass is 499 g/mol. The van der Waals surface area contributed by atoms with E-state index in [-0.39, 0.29) is 18.7 Å². The number of benzene rings is 2. The minimum absolute atomic E-state index is 0.190. The zero-order valence-electron chi connectivity index (χ0n) is 19.5. The lowest BCUT2D eigenvalue weighted by Crippen LogP contribution is -2.30. The van der Waals surface area contributed by atoms with Crippen LogP contribution in [0, 0.1) is 0 Å². The predicted molar refractivity (Wildman–Crippen MR) is 135 cm³/mol. The first-order chi connectivity index (χ1) is 17.5. The Morgan fingerprint density at radius 2 is 1.83 bits per heavy atom. The van der Waals surface area contributed by atoms with Gasteiger partial charge in [0.15, 0.2) is 0 Å². The van der Waals surface area contributed by atoms with Crippen LogP contribution in [0.2, 0.25) is 0 Å². The summed E-state index contributed by atoms with van der Waals surface area (Å²) in [5.41, 5.74) is 4.07. The molecule has 9 heteroatoms. The molecule has 0 unspecified atom stereocenters. The summed E-state index contributed by atoms with van der Waals surface area (Å²) in [6.07, 6.45) is 1.86. The van der Waals surface area contributed by atoms with Crippen LogP contribution in [0.25, 0.3) is 16.9 Å². The summed E-state index contributed by atoms with van der Waals surface area (Å²) >= 11 is 1.55. The molecule has 4 aromatic rings. The number of hydrogen-bond donors (Lipinski definition) is 0. The highest BCUT2D eigenvalue weighted by atomic mass is 32.1. The molecule has 8 nitrogen and oxygen atoms in total. The Morgan fingerprint density at radius 1 is 1.06 bits per heavy atom. The maximum Gasteiger partial charge on any atom is 0.243 e. The standard InChI is InChI=1S/C27H24N4O4S/c1-35-20-11-9-18(10-12-20)27-21(17-30(29-27)19-6-3-2-4-7-19)23-16-22(24-8-5-15-36-24)28-31(23)25(32)13-14-26(33)34/h2-12,15,17,23H,13-14,16H2,1H3,(H,33,34)/p-1/t23-/m1/s1. The summed E-state index contributed by atoms with van der Waals surface area (Å²) in [5.74, 6) is -0.910. The van der Waals surface area contributed by atoms with Gasteiger partial charge < -0.3 is 14.6 Å². The smallest absolute Gasteiger partial charge is 0.243 e. The molecule has 2 aromatic heterocycles. The van der Waals surface area contributed by atoms with Crippen molar-refractivity contribution in [3.63, 3.8) is 0 Å². The van der Waals surface area contributed by atoms with Gasteiger partial charge in [0.1, 0.15) is 5.75 Å². The SMILES string of the molecule is COc1ccc(-c2nn(-c3ccccc3)cc2[C@H]2CC(c3cccs3)=NN2C(=O)CCC(=O)[O-])cc1. The zero-order chi connectivity index (χ0) is 25.1. The second-order valence-corrected chi connectivity index (χ2v) is 9.24. The Hall–Kier alpha value is -4.24. The number of hydrazone groups is 1. The summed E-state index contributed by atoms with van der Waals surface area (Å²) in [6.45, 7) is 0. The number of amides is 1. The van der Waals surface area contributed by atoms with Gasteiger partial charge in [0.25, 0.3) is 0 Å². The molecular formula is C27H23N4O4S-. The summed E-state index contributed by atoms with van der Waals surface area (Å²) in [7, 11) is 1.61. The fourth-order valence-electron chi connectivity index (χ4n) is 4.22. The fourth-order valence-corrected chi connectivity index (χ4v) is 4.94. The van der Waals surface area contributed by atoms with Gasteiger partial charge >= 0.3 is 0 Å². The molecule has 2 aromatic carbocycles. The summed E-state index contributed by atoms with van der Waals surface area (Å²) in [6, 6.07) is 20.8. The van der Waals surface area contributed by atoms with Crippen LogP contribution in [0.3, 0.4) is 0 Å². The maximum absolute atomic E-state index is 13.1. The number of rotatable bonds is 8. The number of carboxylic acid groups (broad SMARTS) is 1. The highest BCUT2D eigenvalue weighted by Gasteiger charge is 2.36. The van der Waals surface area contributed by atoms with Gasteiger partial charge in [-0.05, 0) is 54.3 Å². The number of thiophene rings is 1. The van der Waals surface area contributed by atoms with Crippen LogP contribution in [0.1, 0.15) is 35.7 Å². The number of para-hydroxylation sites is 1. The van der Waals surface area contributed by atoms with Gasteiger partial charge in [-0.2, -0.15) is 10.2 Å². The van der Waals surface area contributed by atoms with Crippen molar-refractivity contribution in [3.8, 4) is 22.7 Å². The highest BCUT2D eigenvalue weighted by Crippen LogP contribution is 2.39. The van der Waals surface area contributed by atoms with E-state index >= 15 is 0 Å². The molecule has 5 rings (SSSR count). The summed E-state index contributed by atoms with van der Waals surface area (Å²) in [5, 5.41) is 24.0. The number of hydrogen-bond acceptors (Lipinski definition) is 7. The molecule has 1 atom stereocenters. The minimum atomic E-state index is -1.27. The van der Waals surface area contributed by atoms with E-state index in [1.807, 2.05) is 78.3 Å². The van der Waals surface area contributed by atoms with Gasteiger partial charge in [-0.3, -0.25) is 4.79 Å². The normalized spacial score (nSPS) is 15.1. The molecule has 0 aliphatic carbocycles. The molecule has 0 saturated heterocycles. The van der Waals surface area contributed by atoms with Gasteiger partial charge in [-0.1, -0.05) is 24.3 Å². The number of aromatic nitrogens is 2. The molecule has 0 saturated carbocycles. The van der Waals surface area contributed by atoms with Crippen molar-refractivity contribution in [3.05, 3.63) is 88.7 Å². The van der Waals surface area contributed by atoms with E-state index in [0.29, 0.717) is 12.1 Å². The molecule has 1 aliphatic heterocycles. The van der Waals surface area contributed by atoms with Crippen molar-refractivity contribution in [2.45, 2.75) is 25.3 Å². The average Bonchev–Trinajstić information content (AvgIpc) is 3.67. The molecule has 1 aliphatic rings. The van der Waals surface area contributed by atoms with Crippen LogP contribution in [0.15, 0.2) is 83.4 Å². The number of nitrogens with zero attached hydrogens (tertiary/aromatic N) is 4. The van der Waals surface area contributed by atoms with Crippen molar-refractivity contribution in [2.24, 2.45) is 5.10 Å². The first-order valence-corrected chi connectivity index (χ1v) is 12.3. The van der Waals surface area contributed by atoms with Crippen LogP contribution >= 0.6 is 11.3 Å². The molecule has 0 bridgehead atoms. The van der Waals surface area contributed by atoms with Crippen LogP contribution in [-0.2, 0) is 9.59 Å². The van der Waals surface area contributed by atoms with Crippen LogP contribution < -0.4 is 9.84 Å². The van der Waals surface area contributed by atoms with E-state index < -0.39 is 12.0 Å². The number of ether oxygens (including phenoxy) is 1. The Kier molecular flexibility index (Phi) is 6.64. The van der Waals surface area contributed by atoms with Crippen molar-refractivity contribution >= 4 is 28.9 Å². The van der Waals surface area contributed by atoms with Crippen LogP contribution in [0.4, 0.5) is 0 Å². The Bertz CT molecular complexity index is 1400. The number of aliphatic carboxylic acids is 1. The Labute approximate surface area is 212 Å².